The molecule has 0 atom stereocenters. The van der Waals surface area contributed by atoms with Gasteiger partial charge in [-0.2, -0.15) is 5.10 Å². The van der Waals surface area contributed by atoms with Crippen LogP contribution in [-0.2, 0) is 19.5 Å². The van der Waals surface area contributed by atoms with Gasteiger partial charge in [-0.3, -0.25) is 20.1 Å². The van der Waals surface area contributed by atoms with Gasteiger partial charge in [-0.1, -0.05) is 36.4 Å². The number of thiazole rings is 1. The standard InChI is InChI=1S/C21H19N5OS2/c27-20(17-11-16(24-25-17)18-7-4-10-28-18)23-21-22-15-8-9-26(13-19(15)29-21)12-14-5-2-1-3-6-14/h1-7,10-11H,8-9,12-13H2,(H,24,25)(H,22,23,27). The number of fused-ring (bicyclic) bond motifs is 1. The minimum Gasteiger partial charge on any atom is -0.296 e. The minimum atomic E-state index is -0.240. The van der Waals surface area contributed by atoms with Gasteiger partial charge in [0.05, 0.1) is 16.3 Å². The molecule has 8 heteroatoms. The van der Waals surface area contributed by atoms with Crippen molar-refractivity contribution < 1.29 is 4.79 Å². The Bertz CT molecular complexity index is 1120. The van der Waals surface area contributed by atoms with Crippen molar-refractivity contribution >= 4 is 33.7 Å². The highest BCUT2D eigenvalue weighted by atomic mass is 32.1. The van der Waals surface area contributed by atoms with Gasteiger partial charge < -0.3 is 0 Å². The van der Waals surface area contributed by atoms with E-state index >= 15 is 0 Å². The number of anilines is 1. The lowest BCUT2D eigenvalue weighted by Crippen LogP contribution is -2.29. The van der Waals surface area contributed by atoms with Crippen LogP contribution < -0.4 is 5.32 Å². The lowest BCUT2D eigenvalue weighted by Gasteiger charge is -2.25. The highest BCUT2D eigenvalue weighted by Gasteiger charge is 2.22. The fraction of sp³-hybridized carbons (Fsp3) is 0.190. The van der Waals surface area contributed by atoms with Gasteiger partial charge in [0, 0.05) is 30.9 Å². The first-order valence-corrected chi connectivity index (χ1v) is 11.1. The van der Waals surface area contributed by atoms with E-state index in [1.807, 2.05) is 23.6 Å². The molecular weight excluding hydrogens is 402 g/mol. The van der Waals surface area contributed by atoms with Crippen molar-refractivity contribution in [2.24, 2.45) is 0 Å². The zero-order chi connectivity index (χ0) is 19.6. The Kier molecular flexibility index (Phi) is 4.97. The normalized spacial score (nSPS) is 13.9. The molecule has 1 amide bonds. The zero-order valence-electron chi connectivity index (χ0n) is 15.6. The van der Waals surface area contributed by atoms with Gasteiger partial charge in [0.15, 0.2) is 10.8 Å². The molecule has 1 aliphatic rings. The van der Waals surface area contributed by atoms with Gasteiger partial charge in [-0.15, -0.1) is 22.7 Å². The summed E-state index contributed by atoms with van der Waals surface area (Å²) in [6.07, 6.45) is 0.902. The number of H-pyrrole nitrogens is 1. The Morgan fingerprint density at radius 2 is 2.10 bits per heavy atom. The number of aromatic amines is 1. The van der Waals surface area contributed by atoms with Crippen LogP contribution in [0.1, 0.15) is 26.6 Å². The molecule has 0 radical (unpaired) electrons. The first-order valence-electron chi connectivity index (χ1n) is 9.40. The van der Waals surface area contributed by atoms with E-state index in [-0.39, 0.29) is 5.91 Å². The number of nitrogens with one attached hydrogen (secondary N) is 2. The molecule has 2 N–H and O–H groups in total. The molecule has 0 aliphatic carbocycles. The third-order valence-corrected chi connectivity index (χ3v) is 6.78. The number of rotatable bonds is 5. The van der Waals surface area contributed by atoms with Gasteiger partial charge in [0.2, 0.25) is 0 Å². The minimum absolute atomic E-state index is 0.240. The van der Waals surface area contributed by atoms with Gasteiger partial charge in [0.1, 0.15) is 0 Å². The van der Waals surface area contributed by atoms with Crippen molar-refractivity contribution in [2.45, 2.75) is 19.5 Å². The molecule has 6 nitrogen and oxygen atoms in total. The SMILES string of the molecule is O=C(Nc1nc2c(s1)CN(Cc1ccccc1)CC2)c1cc(-c2cccs2)[nH]n1. The third-order valence-electron chi connectivity index (χ3n) is 4.88. The van der Waals surface area contributed by atoms with E-state index in [9.17, 15) is 4.79 Å². The average molecular weight is 422 g/mol. The topological polar surface area (TPSA) is 73.9 Å². The summed E-state index contributed by atoms with van der Waals surface area (Å²) < 4.78 is 0. The van der Waals surface area contributed by atoms with Crippen LogP contribution in [0.3, 0.4) is 0 Å². The molecule has 1 aliphatic heterocycles. The van der Waals surface area contributed by atoms with Crippen molar-refractivity contribution in [2.75, 3.05) is 11.9 Å². The molecule has 0 bridgehead atoms. The molecule has 0 fully saturated rings. The molecule has 0 unspecified atom stereocenters. The lowest BCUT2D eigenvalue weighted by atomic mass is 10.1. The summed E-state index contributed by atoms with van der Waals surface area (Å²) in [4.78, 5) is 21.9. The monoisotopic (exact) mass is 421 g/mol. The lowest BCUT2D eigenvalue weighted by molar-refractivity contribution is 0.102. The van der Waals surface area contributed by atoms with Crippen molar-refractivity contribution in [3.05, 3.63) is 75.7 Å². The number of carbonyl (C=O) groups is 1. The first kappa shape index (κ1) is 18.2. The zero-order valence-corrected chi connectivity index (χ0v) is 17.2. The summed E-state index contributed by atoms with van der Waals surface area (Å²) in [5.41, 5.74) is 3.62. The van der Waals surface area contributed by atoms with Crippen LogP contribution in [-0.4, -0.2) is 32.5 Å². The second-order valence-electron chi connectivity index (χ2n) is 6.93. The predicted molar refractivity (Wildman–Crippen MR) is 116 cm³/mol. The second kappa shape index (κ2) is 7.90. The molecule has 5 rings (SSSR count). The van der Waals surface area contributed by atoms with Crippen LogP contribution in [0, 0.1) is 0 Å². The number of hydrogen-bond acceptors (Lipinski definition) is 6. The molecule has 4 aromatic rings. The van der Waals surface area contributed by atoms with Crippen LogP contribution in [0.5, 0.6) is 0 Å². The van der Waals surface area contributed by atoms with Gasteiger partial charge >= 0.3 is 0 Å². The summed E-state index contributed by atoms with van der Waals surface area (Å²) in [6, 6.07) is 16.2. The fourth-order valence-electron chi connectivity index (χ4n) is 3.44. The maximum Gasteiger partial charge on any atom is 0.277 e. The number of hydrogen-bond donors (Lipinski definition) is 2. The molecular formula is C21H19N5OS2. The highest BCUT2D eigenvalue weighted by Crippen LogP contribution is 2.29. The van der Waals surface area contributed by atoms with E-state index in [0.29, 0.717) is 10.8 Å². The number of aromatic nitrogens is 3. The number of amides is 1. The molecule has 3 aromatic heterocycles. The Balaban J connectivity index is 1.25. The molecule has 0 saturated carbocycles. The van der Waals surface area contributed by atoms with Crippen molar-refractivity contribution in [3.8, 4) is 10.6 Å². The molecule has 146 valence electrons. The Hall–Kier alpha value is -2.81. The molecule has 29 heavy (non-hydrogen) atoms. The van der Waals surface area contributed by atoms with Gasteiger partial charge in [-0.05, 0) is 23.1 Å². The van der Waals surface area contributed by atoms with Crippen LogP contribution in [0.2, 0.25) is 0 Å². The maximum atomic E-state index is 12.6. The molecule has 1 aromatic carbocycles. The number of thiophene rings is 1. The van der Waals surface area contributed by atoms with E-state index in [2.05, 4.69) is 49.7 Å². The average Bonchev–Trinajstić information content (AvgIpc) is 3.48. The predicted octanol–water partition coefficient (Wildman–Crippen LogP) is 4.41. The second-order valence-corrected chi connectivity index (χ2v) is 8.96. The summed E-state index contributed by atoms with van der Waals surface area (Å²) in [5, 5.41) is 12.6. The maximum absolute atomic E-state index is 12.6. The smallest absolute Gasteiger partial charge is 0.277 e. The largest absolute Gasteiger partial charge is 0.296 e. The van der Waals surface area contributed by atoms with E-state index in [1.165, 1.54) is 10.4 Å². The quantitative estimate of drug-likeness (QED) is 0.501. The Morgan fingerprint density at radius 3 is 2.93 bits per heavy atom. The molecule has 4 heterocycles. The number of nitrogens with zero attached hydrogens (tertiary/aromatic N) is 3. The third kappa shape index (κ3) is 4.00. The van der Waals surface area contributed by atoms with Crippen LogP contribution in [0.25, 0.3) is 10.6 Å². The van der Waals surface area contributed by atoms with Crippen LogP contribution >= 0.6 is 22.7 Å². The summed E-state index contributed by atoms with van der Waals surface area (Å²) in [5.74, 6) is -0.240. The number of carbonyl (C=O) groups excluding carboxylic acids is 1. The number of benzene rings is 1. The van der Waals surface area contributed by atoms with Crippen LogP contribution in [0.15, 0.2) is 53.9 Å². The van der Waals surface area contributed by atoms with E-state index < -0.39 is 0 Å². The molecule has 0 spiro atoms. The van der Waals surface area contributed by atoms with Gasteiger partial charge in [-0.25, -0.2) is 4.98 Å². The highest BCUT2D eigenvalue weighted by molar-refractivity contribution is 7.16. The summed E-state index contributed by atoms with van der Waals surface area (Å²) in [6.45, 7) is 2.77. The van der Waals surface area contributed by atoms with E-state index in [0.717, 1.165) is 42.3 Å². The molecule has 0 saturated heterocycles. The Morgan fingerprint density at radius 1 is 1.21 bits per heavy atom. The summed E-state index contributed by atoms with van der Waals surface area (Å²) >= 11 is 3.16. The Labute approximate surface area is 176 Å². The van der Waals surface area contributed by atoms with Crippen LogP contribution in [0.4, 0.5) is 5.13 Å². The van der Waals surface area contributed by atoms with E-state index in [4.69, 9.17) is 0 Å². The fourth-order valence-corrected chi connectivity index (χ4v) is 5.17. The van der Waals surface area contributed by atoms with Crippen molar-refractivity contribution in [1.29, 1.82) is 0 Å². The van der Waals surface area contributed by atoms with Crippen molar-refractivity contribution in [1.82, 2.24) is 20.1 Å². The summed E-state index contributed by atoms with van der Waals surface area (Å²) in [7, 11) is 0. The van der Waals surface area contributed by atoms with Crippen molar-refractivity contribution in [3.63, 3.8) is 0 Å². The van der Waals surface area contributed by atoms with E-state index in [1.54, 1.807) is 28.7 Å². The van der Waals surface area contributed by atoms with Gasteiger partial charge in [0.25, 0.3) is 5.91 Å². The first-order chi connectivity index (χ1) is 14.2.